The maximum absolute atomic E-state index is 6.16. The molecule has 4 aromatic rings. The molecule has 6 nitrogen and oxygen atoms in total. The van der Waals surface area contributed by atoms with Crippen molar-refractivity contribution in [2.45, 2.75) is 6.04 Å². The van der Waals surface area contributed by atoms with Gasteiger partial charge in [-0.15, -0.1) is 11.7 Å². The number of rotatable bonds is 3. The number of nitrogens with two attached hydrogens (primary N) is 1. The first-order chi connectivity index (χ1) is 10.8. The highest BCUT2D eigenvalue weighted by molar-refractivity contribution is 6.09. The van der Waals surface area contributed by atoms with Crippen molar-refractivity contribution in [2.75, 3.05) is 0 Å². The van der Waals surface area contributed by atoms with Crippen LogP contribution < -0.4 is 5.73 Å². The molecule has 1 atom stereocenters. The Balaban J connectivity index is 2.06. The van der Waals surface area contributed by atoms with E-state index in [2.05, 4.69) is 26.9 Å². The second kappa shape index (κ2) is 4.78. The highest BCUT2D eigenvalue weighted by Crippen LogP contribution is 2.32. The number of fused-ring (bicyclic) bond motifs is 3. The zero-order valence-corrected chi connectivity index (χ0v) is 11.7. The predicted octanol–water partition coefficient (Wildman–Crippen LogP) is 2.95. The summed E-state index contributed by atoms with van der Waals surface area (Å²) in [5, 5.41) is 9.49. The molecule has 1 unspecified atom stereocenters. The second-order valence-electron chi connectivity index (χ2n) is 5.06. The molecule has 3 heterocycles. The third-order valence-corrected chi connectivity index (χ3v) is 3.77. The highest BCUT2D eigenvalue weighted by atomic mass is 16.5. The van der Waals surface area contributed by atoms with Crippen molar-refractivity contribution in [2.24, 2.45) is 5.73 Å². The molecule has 0 bridgehead atoms. The Hall–Kier alpha value is -2.99. The van der Waals surface area contributed by atoms with Gasteiger partial charge in [0.05, 0.1) is 17.4 Å². The van der Waals surface area contributed by atoms with Gasteiger partial charge in [-0.1, -0.05) is 18.2 Å². The standard InChI is InChI=1S/C16H13N5O/c1-2-11(17)9-4-3-5-12-16(9)10-6-13(15-8-22-21-20-15)18-7-14(10)19-12/h2-8,11,19H,1,17H2. The molecule has 1 aromatic carbocycles. The number of H-pyrrole nitrogens is 1. The van der Waals surface area contributed by atoms with Crippen LogP contribution >= 0.6 is 0 Å². The van der Waals surface area contributed by atoms with Crippen LogP contribution in [0.3, 0.4) is 0 Å². The molecule has 0 spiro atoms. The van der Waals surface area contributed by atoms with Crippen LogP contribution in [-0.2, 0) is 0 Å². The van der Waals surface area contributed by atoms with Gasteiger partial charge in [-0.2, -0.15) is 0 Å². The molecular weight excluding hydrogens is 278 g/mol. The Morgan fingerprint density at radius 3 is 2.95 bits per heavy atom. The molecule has 3 N–H and O–H groups in total. The van der Waals surface area contributed by atoms with Crippen LogP contribution in [0, 0.1) is 0 Å². The first-order valence-electron chi connectivity index (χ1n) is 6.84. The Morgan fingerprint density at radius 2 is 2.18 bits per heavy atom. The quantitative estimate of drug-likeness (QED) is 0.566. The Kier molecular flexibility index (Phi) is 2.77. The van der Waals surface area contributed by atoms with Gasteiger partial charge in [0.25, 0.3) is 0 Å². The molecule has 4 rings (SSSR count). The zero-order chi connectivity index (χ0) is 15.1. The normalized spacial score (nSPS) is 12.8. The van der Waals surface area contributed by atoms with Gasteiger partial charge in [-0.25, -0.2) is 0 Å². The molecule has 0 aliphatic rings. The van der Waals surface area contributed by atoms with Crippen molar-refractivity contribution in [3.63, 3.8) is 0 Å². The summed E-state index contributed by atoms with van der Waals surface area (Å²) in [5.41, 5.74) is 10.4. The molecule has 0 amide bonds. The molecule has 0 saturated carbocycles. The van der Waals surface area contributed by atoms with Gasteiger partial charge in [-0.3, -0.25) is 4.98 Å². The van der Waals surface area contributed by atoms with E-state index in [-0.39, 0.29) is 6.04 Å². The number of nitrogens with one attached hydrogen (secondary N) is 1. The molecule has 22 heavy (non-hydrogen) atoms. The maximum atomic E-state index is 6.16. The van der Waals surface area contributed by atoms with Gasteiger partial charge >= 0.3 is 0 Å². The SMILES string of the molecule is C=CC(N)c1cccc2[nH]c3cnc(-c4conn4)cc3c12. The van der Waals surface area contributed by atoms with Gasteiger partial charge in [0, 0.05) is 27.6 Å². The van der Waals surface area contributed by atoms with Crippen molar-refractivity contribution in [1.82, 2.24) is 20.3 Å². The third kappa shape index (κ3) is 1.82. The first-order valence-corrected chi connectivity index (χ1v) is 6.84. The summed E-state index contributed by atoms with van der Waals surface area (Å²) in [5.74, 6) is 0. The summed E-state index contributed by atoms with van der Waals surface area (Å²) in [6.45, 7) is 3.79. The van der Waals surface area contributed by atoms with Crippen LogP contribution in [-0.4, -0.2) is 20.3 Å². The van der Waals surface area contributed by atoms with E-state index in [1.54, 1.807) is 12.3 Å². The number of pyridine rings is 1. The fourth-order valence-electron chi connectivity index (χ4n) is 2.70. The lowest BCUT2D eigenvalue weighted by Gasteiger charge is -2.08. The van der Waals surface area contributed by atoms with Gasteiger partial charge in [0.1, 0.15) is 0 Å². The minimum absolute atomic E-state index is 0.229. The lowest BCUT2D eigenvalue weighted by Crippen LogP contribution is -2.06. The van der Waals surface area contributed by atoms with Gasteiger partial charge in [-0.05, 0) is 17.7 Å². The summed E-state index contributed by atoms with van der Waals surface area (Å²) in [6.07, 6.45) is 4.99. The van der Waals surface area contributed by atoms with E-state index in [0.29, 0.717) is 11.4 Å². The van der Waals surface area contributed by atoms with Crippen molar-refractivity contribution in [3.8, 4) is 11.4 Å². The lowest BCUT2D eigenvalue weighted by atomic mass is 10.0. The lowest BCUT2D eigenvalue weighted by molar-refractivity contribution is 0.393. The van der Waals surface area contributed by atoms with Crippen LogP contribution in [0.5, 0.6) is 0 Å². The number of aromatic amines is 1. The Bertz CT molecular complexity index is 971. The van der Waals surface area contributed by atoms with E-state index in [1.807, 2.05) is 24.3 Å². The summed E-state index contributed by atoms with van der Waals surface area (Å²) in [4.78, 5) is 7.75. The van der Waals surface area contributed by atoms with E-state index in [1.165, 1.54) is 6.26 Å². The fraction of sp³-hybridized carbons (Fsp3) is 0.0625. The predicted molar refractivity (Wildman–Crippen MR) is 84.0 cm³/mol. The molecule has 0 radical (unpaired) electrons. The number of hydrogen-bond donors (Lipinski definition) is 2. The largest absolute Gasteiger partial charge is 0.353 e. The summed E-state index contributed by atoms with van der Waals surface area (Å²) in [6, 6.07) is 7.75. The summed E-state index contributed by atoms with van der Waals surface area (Å²) < 4.78 is 4.79. The highest BCUT2D eigenvalue weighted by Gasteiger charge is 2.14. The van der Waals surface area contributed by atoms with E-state index in [9.17, 15) is 0 Å². The van der Waals surface area contributed by atoms with E-state index >= 15 is 0 Å². The molecule has 0 saturated heterocycles. The Morgan fingerprint density at radius 1 is 1.27 bits per heavy atom. The monoisotopic (exact) mass is 291 g/mol. The molecular formula is C16H13N5O. The van der Waals surface area contributed by atoms with Gasteiger partial charge in [0.2, 0.25) is 0 Å². The molecule has 0 aliphatic heterocycles. The van der Waals surface area contributed by atoms with Crippen LogP contribution in [0.1, 0.15) is 11.6 Å². The van der Waals surface area contributed by atoms with Crippen LogP contribution in [0.15, 0.2) is 53.9 Å². The second-order valence-corrected chi connectivity index (χ2v) is 5.06. The van der Waals surface area contributed by atoms with Crippen LogP contribution in [0.2, 0.25) is 0 Å². The minimum atomic E-state index is -0.229. The number of aromatic nitrogens is 4. The van der Waals surface area contributed by atoms with E-state index < -0.39 is 0 Å². The molecule has 0 fully saturated rings. The third-order valence-electron chi connectivity index (χ3n) is 3.77. The average molecular weight is 291 g/mol. The molecule has 6 heteroatoms. The fourth-order valence-corrected chi connectivity index (χ4v) is 2.70. The molecule has 0 aliphatic carbocycles. The van der Waals surface area contributed by atoms with Crippen molar-refractivity contribution >= 4 is 21.8 Å². The van der Waals surface area contributed by atoms with Crippen LogP contribution in [0.4, 0.5) is 0 Å². The average Bonchev–Trinajstić information content (AvgIpc) is 3.20. The number of benzene rings is 1. The first kappa shape index (κ1) is 12.7. The van der Waals surface area contributed by atoms with E-state index in [0.717, 1.165) is 27.4 Å². The molecule has 3 aromatic heterocycles. The maximum Gasteiger partial charge on any atom is 0.153 e. The van der Waals surface area contributed by atoms with Crippen LogP contribution in [0.25, 0.3) is 33.2 Å². The number of hydrogen-bond acceptors (Lipinski definition) is 5. The smallest absolute Gasteiger partial charge is 0.153 e. The minimum Gasteiger partial charge on any atom is -0.353 e. The number of nitrogens with zero attached hydrogens (tertiary/aromatic N) is 3. The summed E-state index contributed by atoms with van der Waals surface area (Å²) in [7, 11) is 0. The zero-order valence-electron chi connectivity index (χ0n) is 11.7. The molecule has 108 valence electrons. The Labute approximate surface area is 125 Å². The van der Waals surface area contributed by atoms with Crippen molar-refractivity contribution in [1.29, 1.82) is 0 Å². The van der Waals surface area contributed by atoms with Gasteiger partial charge < -0.3 is 15.2 Å². The van der Waals surface area contributed by atoms with Crippen molar-refractivity contribution < 1.29 is 4.52 Å². The van der Waals surface area contributed by atoms with E-state index in [4.69, 9.17) is 10.3 Å². The van der Waals surface area contributed by atoms with Crippen molar-refractivity contribution in [3.05, 3.63) is 54.9 Å². The summed E-state index contributed by atoms with van der Waals surface area (Å²) >= 11 is 0. The van der Waals surface area contributed by atoms with Gasteiger partial charge in [0.15, 0.2) is 12.0 Å². The topological polar surface area (TPSA) is 93.6 Å².